The first-order valence-electron chi connectivity index (χ1n) is 7.02. The van der Waals surface area contributed by atoms with Crippen molar-refractivity contribution in [2.24, 2.45) is 5.92 Å². The predicted molar refractivity (Wildman–Crippen MR) is 79.4 cm³/mol. The number of nitrogens with one attached hydrogen (secondary N) is 1. The third kappa shape index (κ3) is 5.02. The molecular formula is C16H21NO4. The smallest absolute Gasteiger partial charge is 0.326 e. The van der Waals surface area contributed by atoms with Crippen LogP contribution in [-0.4, -0.2) is 28.8 Å². The minimum absolute atomic E-state index is 0.00479. The number of carbonyl (C=O) groups is 3. The fourth-order valence-electron chi connectivity index (χ4n) is 1.95. The van der Waals surface area contributed by atoms with E-state index in [1.807, 2.05) is 13.8 Å². The minimum atomic E-state index is -1.05. The Balaban J connectivity index is 2.78. The van der Waals surface area contributed by atoms with Crippen LogP contribution in [0.4, 0.5) is 0 Å². The maximum atomic E-state index is 12.0. The highest BCUT2D eigenvalue weighted by Gasteiger charge is 2.21. The van der Waals surface area contributed by atoms with Gasteiger partial charge in [0.25, 0.3) is 5.91 Å². The third-order valence-electron chi connectivity index (χ3n) is 3.10. The molecule has 1 aromatic rings. The van der Waals surface area contributed by atoms with Gasteiger partial charge in [-0.15, -0.1) is 0 Å². The van der Waals surface area contributed by atoms with Crippen LogP contribution in [0, 0.1) is 5.92 Å². The van der Waals surface area contributed by atoms with Crippen molar-refractivity contribution in [1.29, 1.82) is 0 Å². The Morgan fingerprint density at radius 2 is 1.62 bits per heavy atom. The van der Waals surface area contributed by atoms with Crippen LogP contribution in [0.5, 0.6) is 0 Å². The molecule has 0 unspecified atom stereocenters. The standard InChI is InChI=1S/C16H21NO4/c1-4-14(18)11-5-7-12(8-6-11)15(19)17-13(16(20)21)9-10(2)3/h5-8,10,13H,4,9H2,1-3H3,(H,17,19)(H,20,21)/t13-/m1/s1. The van der Waals surface area contributed by atoms with Crippen molar-refractivity contribution >= 4 is 17.7 Å². The summed E-state index contributed by atoms with van der Waals surface area (Å²) in [5.41, 5.74) is 0.892. The number of carbonyl (C=O) groups excluding carboxylic acids is 2. The number of hydrogen-bond acceptors (Lipinski definition) is 3. The zero-order valence-electron chi connectivity index (χ0n) is 12.6. The normalized spacial score (nSPS) is 12.0. The van der Waals surface area contributed by atoms with E-state index in [4.69, 9.17) is 5.11 Å². The Bertz CT molecular complexity index is 520. The van der Waals surface area contributed by atoms with E-state index in [0.717, 1.165) is 0 Å². The Morgan fingerprint density at radius 1 is 1.10 bits per heavy atom. The highest BCUT2D eigenvalue weighted by Crippen LogP contribution is 2.09. The molecule has 1 aromatic carbocycles. The van der Waals surface area contributed by atoms with Crippen LogP contribution in [0.25, 0.3) is 0 Å². The molecule has 0 saturated carbocycles. The number of carboxylic acid groups (broad SMARTS) is 1. The van der Waals surface area contributed by atoms with Crippen LogP contribution in [0.2, 0.25) is 0 Å². The van der Waals surface area contributed by atoms with Crippen LogP contribution in [0.15, 0.2) is 24.3 Å². The lowest BCUT2D eigenvalue weighted by Crippen LogP contribution is -2.41. The SMILES string of the molecule is CCC(=O)c1ccc(C(=O)N[C@H](CC(C)C)C(=O)O)cc1. The van der Waals surface area contributed by atoms with Crippen LogP contribution >= 0.6 is 0 Å². The molecule has 0 aliphatic rings. The third-order valence-corrected chi connectivity index (χ3v) is 3.10. The first-order valence-corrected chi connectivity index (χ1v) is 7.02. The summed E-state index contributed by atoms with van der Waals surface area (Å²) in [6, 6.07) is 5.33. The molecule has 0 aliphatic carbocycles. The summed E-state index contributed by atoms with van der Waals surface area (Å²) >= 11 is 0. The van der Waals surface area contributed by atoms with Gasteiger partial charge in [0.05, 0.1) is 0 Å². The minimum Gasteiger partial charge on any atom is -0.480 e. The van der Waals surface area contributed by atoms with E-state index in [1.165, 1.54) is 12.1 Å². The molecule has 0 radical (unpaired) electrons. The Kier molecular flexibility index (Phi) is 6.09. The fraction of sp³-hybridized carbons (Fsp3) is 0.438. The van der Waals surface area contributed by atoms with E-state index < -0.39 is 17.9 Å². The summed E-state index contributed by atoms with van der Waals surface area (Å²) in [7, 11) is 0. The second kappa shape index (κ2) is 7.57. The predicted octanol–water partition coefficient (Wildman–Crippen LogP) is 2.51. The molecule has 5 heteroatoms. The Hall–Kier alpha value is -2.17. The summed E-state index contributed by atoms with van der Waals surface area (Å²) in [6.45, 7) is 5.56. The van der Waals surface area contributed by atoms with Gasteiger partial charge in [0.2, 0.25) is 0 Å². The maximum Gasteiger partial charge on any atom is 0.326 e. The van der Waals surface area contributed by atoms with Gasteiger partial charge in [-0.25, -0.2) is 4.79 Å². The van der Waals surface area contributed by atoms with Gasteiger partial charge in [-0.05, 0) is 24.5 Å². The van der Waals surface area contributed by atoms with Gasteiger partial charge >= 0.3 is 5.97 Å². The molecule has 0 aliphatic heterocycles. The van der Waals surface area contributed by atoms with Crippen LogP contribution in [0.1, 0.15) is 54.3 Å². The van der Waals surface area contributed by atoms with Crippen molar-refractivity contribution in [2.45, 2.75) is 39.7 Å². The van der Waals surface area contributed by atoms with Crippen molar-refractivity contribution in [2.75, 3.05) is 0 Å². The van der Waals surface area contributed by atoms with Gasteiger partial charge in [0.15, 0.2) is 5.78 Å². The number of benzene rings is 1. The molecule has 1 rings (SSSR count). The van der Waals surface area contributed by atoms with E-state index >= 15 is 0 Å². The molecule has 0 fully saturated rings. The van der Waals surface area contributed by atoms with Crippen LogP contribution < -0.4 is 5.32 Å². The fourth-order valence-corrected chi connectivity index (χ4v) is 1.95. The number of amides is 1. The van der Waals surface area contributed by atoms with Crippen molar-refractivity contribution in [3.8, 4) is 0 Å². The monoisotopic (exact) mass is 291 g/mol. The van der Waals surface area contributed by atoms with Crippen molar-refractivity contribution in [1.82, 2.24) is 5.32 Å². The molecule has 5 nitrogen and oxygen atoms in total. The second-order valence-electron chi connectivity index (χ2n) is 5.35. The van der Waals surface area contributed by atoms with Gasteiger partial charge < -0.3 is 10.4 Å². The number of Topliss-reactive ketones (excluding diaryl/α,β-unsaturated/α-hetero) is 1. The molecule has 0 heterocycles. The van der Waals surface area contributed by atoms with Gasteiger partial charge in [-0.3, -0.25) is 9.59 Å². The molecule has 1 atom stereocenters. The first kappa shape index (κ1) is 16.9. The average molecular weight is 291 g/mol. The molecule has 2 N–H and O–H groups in total. The largest absolute Gasteiger partial charge is 0.480 e. The Labute approximate surface area is 124 Å². The number of hydrogen-bond donors (Lipinski definition) is 2. The maximum absolute atomic E-state index is 12.0. The van der Waals surface area contributed by atoms with Gasteiger partial charge in [0.1, 0.15) is 6.04 Å². The number of carboxylic acids is 1. The molecular weight excluding hydrogens is 270 g/mol. The van der Waals surface area contributed by atoms with E-state index in [1.54, 1.807) is 19.1 Å². The van der Waals surface area contributed by atoms with Crippen molar-refractivity contribution < 1.29 is 19.5 Å². The molecule has 21 heavy (non-hydrogen) atoms. The lowest BCUT2D eigenvalue weighted by Gasteiger charge is -2.16. The zero-order chi connectivity index (χ0) is 16.0. The number of rotatable bonds is 7. The summed E-state index contributed by atoms with van der Waals surface area (Å²) in [6.07, 6.45) is 0.772. The lowest BCUT2D eigenvalue weighted by molar-refractivity contribution is -0.139. The van der Waals surface area contributed by atoms with Gasteiger partial charge in [0, 0.05) is 17.5 Å². The van der Waals surface area contributed by atoms with Crippen LogP contribution in [-0.2, 0) is 4.79 Å². The van der Waals surface area contributed by atoms with Crippen molar-refractivity contribution in [3.63, 3.8) is 0 Å². The summed E-state index contributed by atoms with van der Waals surface area (Å²) < 4.78 is 0. The second-order valence-corrected chi connectivity index (χ2v) is 5.35. The van der Waals surface area contributed by atoms with E-state index in [9.17, 15) is 14.4 Å². The quantitative estimate of drug-likeness (QED) is 0.756. The summed E-state index contributed by atoms with van der Waals surface area (Å²) in [5, 5.41) is 11.6. The van der Waals surface area contributed by atoms with Crippen molar-refractivity contribution in [3.05, 3.63) is 35.4 Å². The highest BCUT2D eigenvalue weighted by molar-refractivity contribution is 5.99. The molecule has 0 aromatic heterocycles. The molecule has 0 spiro atoms. The lowest BCUT2D eigenvalue weighted by atomic mass is 10.0. The number of ketones is 1. The van der Waals surface area contributed by atoms with E-state index in [-0.39, 0.29) is 11.7 Å². The van der Waals surface area contributed by atoms with E-state index in [0.29, 0.717) is 24.0 Å². The van der Waals surface area contributed by atoms with Gasteiger partial charge in [-0.1, -0.05) is 32.9 Å². The first-order chi connectivity index (χ1) is 9.85. The molecule has 0 bridgehead atoms. The highest BCUT2D eigenvalue weighted by atomic mass is 16.4. The Morgan fingerprint density at radius 3 is 2.05 bits per heavy atom. The van der Waals surface area contributed by atoms with Crippen LogP contribution in [0.3, 0.4) is 0 Å². The molecule has 1 amide bonds. The topological polar surface area (TPSA) is 83.5 Å². The van der Waals surface area contributed by atoms with Gasteiger partial charge in [-0.2, -0.15) is 0 Å². The number of aliphatic carboxylic acids is 1. The molecule has 114 valence electrons. The zero-order valence-corrected chi connectivity index (χ0v) is 12.6. The summed E-state index contributed by atoms with van der Waals surface area (Å²) in [5.74, 6) is -1.32. The van der Waals surface area contributed by atoms with E-state index in [2.05, 4.69) is 5.32 Å². The summed E-state index contributed by atoms with van der Waals surface area (Å²) in [4.78, 5) is 34.7. The average Bonchev–Trinajstić information content (AvgIpc) is 2.45. The molecule has 0 saturated heterocycles.